The molecule has 3 heteroatoms. The molecule has 0 spiro atoms. The Kier molecular flexibility index (Phi) is 3.70. The van der Waals surface area contributed by atoms with Crippen LogP contribution in [0.3, 0.4) is 0 Å². The van der Waals surface area contributed by atoms with Crippen molar-refractivity contribution in [1.29, 1.82) is 0 Å². The molecule has 20 heavy (non-hydrogen) atoms. The molecule has 2 aromatic rings. The zero-order valence-corrected chi connectivity index (χ0v) is 12.0. The summed E-state index contributed by atoms with van der Waals surface area (Å²) in [4.78, 5) is 6.68. The standard InChI is InChI=1S/C17H20N2O/c1-13-16-6-4-3-5-15(16)8-10-19(13)12-14-7-9-18-17(11-14)20-2/h3-7,9,11,13H,8,10,12H2,1-2H3. The fourth-order valence-electron chi connectivity index (χ4n) is 2.93. The van der Waals surface area contributed by atoms with Gasteiger partial charge in [0.25, 0.3) is 0 Å². The predicted octanol–water partition coefficient (Wildman–Crippen LogP) is 3.21. The van der Waals surface area contributed by atoms with Gasteiger partial charge in [-0.25, -0.2) is 4.98 Å². The fraction of sp³-hybridized carbons (Fsp3) is 0.353. The predicted molar refractivity (Wildman–Crippen MR) is 79.8 cm³/mol. The molecular weight excluding hydrogens is 248 g/mol. The van der Waals surface area contributed by atoms with Gasteiger partial charge < -0.3 is 4.74 Å². The van der Waals surface area contributed by atoms with E-state index in [0.29, 0.717) is 11.9 Å². The molecular formula is C17H20N2O. The third-order valence-corrected chi connectivity index (χ3v) is 4.12. The van der Waals surface area contributed by atoms with Gasteiger partial charge in [-0.15, -0.1) is 0 Å². The number of fused-ring (bicyclic) bond motifs is 1. The summed E-state index contributed by atoms with van der Waals surface area (Å²) >= 11 is 0. The van der Waals surface area contributed by atoms with Crippen LogP contribution in [0.25, 0.3) is 0 Å². The molecule has 0 N–H and O–H groups in total. The number of ether oxygens (including phenoxy) is 1. The highest BCUT2D eigenvalue weighted by Crippen LogP contribution is 2.30. The van der Waals surface area contributed by atoms with Crippen LogP contribution in [0.4, 0.5) is 0 Å². The number of methoxy groups -OCH3 is 1. The van der Waals surface area contributed by atoms with Crippen molar-refractivity contribution in [2.75, 3.05) is 13.7 Å². The van der Waals surface area contributed by atoms with E-state index in [0.717, 1.165) is 19.5 Å². The number of benzene rings is 1. The van der Waals surface area contributed by atoms with E-state index in [-0.39, 0.29) is 0 Å². The second-order valence-electron chi connectivity index (χ2n) is 5.30. The van der Waals surface area contributed by atoms with Gasteiger partial charge in [0.05, 0.1) is 7.11 Å². The highest BCUT2D eigenvalue weighted by Gasteiger charge is 2.23. The SMILES string of the molecule is COc1cc(CN2CCc3ccccc3C2C)ccn1. The summed E-state index contributed by atoms with van der Waals surface area (Å²) in [5.41, 5.74) is 4.20. The molecule has 1 aliphatic heterocycles. The average molecular weight is 268 g/mol. The zero-order valence-electron chi connectivity index (χ0n) is 12.0. The summed E-state index contributed by atoms with van der Waals surface area (Å²) < 4.78 is 5.20. The van der Waals surface area contributed by atoms with Crippen molar-refractivity contribution in [3.05, 3.63) is 59.3 Å². The minimum absolute atomic E-state index is 0.458. The lowest BCUT2D eigenvalue weighted by molar-refractivity contribution is 0.189. The summed E-state index contributed by atoms with van der Waals surface area (Å²) in [6.45, 7) is 4.33. The molecule has 104 valence electrons. The van der Waals surface area contributed by atoms with Gasteiger partial charge in [-0.2, -0.15) is 0 Å². The third-order valence-electron chi connectivity index (χ3n) is 4.12. The first-order valence-electron chi connectivity index (χ1n) is 7.08. The van der Waals surface area contributed by atoms with Crippen molar-refractivity contribution in [3.8, 4) is 5.88 Å². The Morgan fingerprint density at radius 3 is 3.00 bits per heavy atom. The van der Waals surface area contributed by atoms with E-state index in [1.807, 2.05) is 12.3 Å². The monoisotopic (exact) mass is 268 g/mol. The molecule has 0 aliphatic carbocycles. The van der Waals surface area contributed by atoms with Crippen molar-refractivity contribution >= 4 is 0 Å². The van der Waals surface area contributed by atoms with Crippen LogP contribution in [-0.2, 0) is 13.0 Å². The average Bonchev–Trinajstić information content (AvgIpc) is 2.50. The van der Waals surface area contributed by atoms with Crippen molar-refractivity contribution in [3.63, 3.8) is 0 Å². The zero-order chi connectivity index (χ0) is 13.9. The van der Waals surface area contributed by atoms with Crippen molar-refractivity contribution < 1.29 is 4.74 Å². The molecule has 1 aromatic carbocycles. The molecule has 0 fully saturated rings. The maximum Gasteiger partial charge on any atom is 0.213 e. The van der Waals surface area contributed by atoms with Crippen molar-refractivity contribution in [2.45, 2.75) is 25.9 Å². The first kappa shape index (κ1) is 13.1. The lowest BCUT2D eigenvalue weighted by Gasteiger charge is -2.35. The van der Waals surface area contributed by atoms with Gasteiger partial charge in [-0.05, 0) is 36.1 Å². The van der Waals surface area contributed by atoms with Crippen LogP contribution in [0.1, 0.15) is 29.7 Å². The van der Waals surface area contributed by atoms with E-state index >= 15 is 0 Å². The Morgan fingerprint density at radius 2 is 2.15 bits per heavy atom. The molecule has 1 aromatic heterocycles. The molecule has 1 aliphatic rings. The molecule has 1 atom stereocenters. The van der Waals surface area contributed by atoms with Gasteiger partial charge in [0.2, 0.25) is 5.88 Å². The first-order chi connectivity index (χ1) is 9.78. The number of hydrogen-bond donors (Lipinski definition) is 0. The largest absolute Gasteiger partial charge is 0.481 e. The molecule has 0 saturated heterocycles. The summed E-state index contributed by atoms with van der Waals surface area (Å²) in [6.07, 6.45) is 2.94. The molecule has 1 unspecified atom stereocenters. The Balaban J connectivity index is 1.79. The van der Waals surface area contributed by atoms with Gasteiger partial charge in [0, 0.05) is 31.4 Å². The van der Waals surface area contributed by atoms with Gasteiger partial charge in [0.15, 0.2) is 0 Å². The second kappa shape index (κ2) is 5.63. The number of aromatic nitrogens is 1. The van der Waals surface area contributed by atoms with Crippen LogP contribution in [0.15, 0.2) is 42.6 Å². The minimum atomic E-state index is 0.458. The number of rotatable bonds is 3. The van der Waals surface area contributed by atoms with Crippen molar-refractivity contribution in [1.82, 2.24) is 9.88 Å². The number of nitrogens with zero attached hydrogens (tertiary/aromatic N) is 2. The van der Waals surface area contributed by atoms with Crippen molar-refractivity contribution in [2.24, 2.45) is 0 Å². The van der Waals surface area contributed by atoms with E-state index in [1.54, 1.807) is 7.11 Å². The smallest absolute Gasteiger partial charge is 0.213 e. The van der Waals surface area contributed by atoms with Gasteiger partial charge in [0.1, 0.15) is 0 Å². The molecule has 0 amide bonds. The van der Waals surface area contributed by atoms with Crippen LogP contribution < -0.4 is 4.74 Å². The summed E-state index contributed by atoms with van der Waals surface area (Å²) in [6, 6.07) is 13.3. The maximum absolute atomic E-state index is 5.20. The van der Waals surface area contributed by atoms with Crippen LogP contribution in [-0.4, -0.2) is 23.5 Å². The highest BCUT2D eigenvalue weighted by atomic mass is 16.5. The lowest BCUT2D eigenvalue weighted by Crippen LogP contribution is -2.33. The van der Waals surface area contributed by atoms with Crippen LogP contribution in [0, 0.1) is 0 Å². The van der Waals surface area contributed by atoms with Gasteiger partial charge in [-0.3, -0.25) is 4.90 Å². The quantitative estimate of drug-likeness (QED) is 0.854. The molecule has 3 rings (SSSR count). The highest BCUT2D eigenvalue weighted by molar-refractivity contribution is 5.32. The number of hydrogen-bond acceptors (Lipinski definition) is 3. The topological polar surface area (TPSA) is 25.4 Å². The van der Waals surface area contributed by atoms with Crippen LogP contribution in [0.2, 0.25) is 0 Å². The van der Waals surface area contributed by atoms with E-state index in [2.05, 4.69) is 47.1 Å². The van der Waals surface area contributed by atoms with Gasteiger partial charge in [-0.1, -0.05) is 24.3 Å². The number of pyridine rings is 1. The van der Waals surface area contributed by atoms with Gasteiger partial charge >= 0.3 is 0 Å². The molecule has 0 radical (unpaired) electrons. The lowest BCUT2D eigenvalue weighted by atomic mass is 9.93. The third kappa shape index (κ3) is 2.54. The minimum Gasteiger partial charge on any atom is -0.481 e. The van der Waals surface area contributed by atoms with E-state index in [9.17, 15) is 0 Å². The summed E-state index contributed by atoms with van der Waals surface area (Å²) in [7, 11) is 1.66. The second-order valence-corrected chi connectivity index (χ2v) is 5.30. The first-order valence-corrected chi connectivity index (χ1v) is 7.08. The van der Waals surface area contributed by atoms with Crippen LogP contribution >= 0.6 is 0 Å². The Morgan fingerprint density at radius 1 is 1.30 bits per heavy atom. The summed E-state index contributed by atoms with van der Waals surface area (Å²) in [5, 5.41) is 0. The van der Waals surface area contributed by atoms with Crippen LogP contribution in [0.5, 0.6) is 5.88 Å². The normalized spacial score (nSPS) is 18.6. The van der Waals surface area contributed by atoms with E-state index in [4.69, 9.17) is 4.74 Å². The maximum atomic E-state index is 5.20. The molecule has 0 bridgehead atoms. The van der Waals surface area contributed by atoms with E-state index in [1.165, 1.54) is 16.7 Å². The fourth-order valence-corrected chi connectivity index (χ4v) is 2.93. The summed E-state index contributed by atoms with van der Waals surface area (Å²) in [5.74, 6) is 0.688. The Bertz CT molecular complexity index is 597. The van der Waals surface area contributed by atoms with E-state index < -0.39 is 0 Å². The molecule has 3 nitrogen and oxygen atoms in total. The molecule has 2 heterocycles. The Labute approximate surface area is 120 Å². The Hall–Kier alpha value is -1.87. The molecule has 0 saturated carbocycles.